The largest absolute Gasteiger partial charge is 0.455 e. The van der Waals surface area contributed by atoms with Crippen molar-refractivity contribution in [3.8, 4) is 45.5 Å². The molecule has 8 aromatic rings. The fourth-order valence-corrected chi connectivity index (χ4v) is 6.04. The van der Waals surface area contributed by atoms with Crippen LogP contribution in [0.3, 0.4) is 0 Å². The van der Waals surface area contributed by atoms with E-state index in [9.17, 15) is 10.5 Å². The molecular weight excluding hydrogens is 516 g/mol. The molecule has 4 heteroatoms. The zero-order chi connectivity index (χ0) is 28.2. The molecule has 0 bridgehead atoms. The zero-order valence-corrected chi connectivity index (χ0v) is 22.3. The Kier molecular flexibility index (Phi) is 5.22. The van der Waals surface area contributed by atoms with Gasteiger partial charge in [0.05, 0.1) is 17.2 Å². The highest BCUT2D eigenvalue weighted by atomic mass is 16.3. The smallest absolute Gasteiger partial charge is 0.143 e. The lowest BCUT2D eigenvalue weighted by Gasteiger charge is -2.15. The molecule has 0 saturated carbocycles. The Hall–Kier alpha value is -6.10. The first-order valence-corrected chi connectivity index (χ1v) is 13.6. The summed E-state index contributed by atoms with van der Waals surface area (Å²) in [7, 11) is 0. The molecule has 0 aliphatic carbocycles. The number of nitriles is 2. The molecule has 0 saturated heterocycles. The monoisotopic (exact) mass is 536 g/mol. The minimum Gasteiger partial charge on any atom is -0.455 e. The number of rotatable bonds is 3. The molecule has 6 aromatic carbocycles. The van der Waals surface area contributed by atoms with Crippen molar-refractivity contribution in [3.05, 3.63) is 132 Å². The van der Waals surface area contributed by atoms with Gasteiger partial charge in [0, 0.05) is 43.8 Å². The predicted octanol–water partition coefficient (Wildman–Crippen LogP) is 10.2. The fraction of sp³-hybridized carbons (Fsp3) is 0. The van der Waals surface area contributed by atoms with Crippen LogP contribution in [-0.4, -0.2) is 0 Å². The highest BCUT2D eigenvalue weighted by molar-refractivity contribution is 6.12. The zero-order valence-electron chi connectivity index (χ0n) is 22.3. The minimum absolute atomic E-state index is 0.524. The lowest BCUT2D eigenvalue weighted by molar-refractivity contribution is 0.670. The fourth-order valence-electron chi connectivity index (χ4n) is 6.04. The second-order valence-corrected chi connectivity index (χ2v) is 10.3. The van der Waals surface area contributed by atoms with Gasteiger partial charge in [-0.15, -0.1) is 0 Å². The van der Waals surface area contributed by atoms with Crippen LogP contribution < -0.4 is 0 Å². The van der Waals surface area contributed by atoms with E-state index >= 15 is 0 Å². The first-order valence-electron chi connectivity index (χ1n) is 13.6. The molecule has 0 aliphatic rings. The summed E-state index contributed by atoms with van der Waals surface area (Å²) < 4.78 is 12.8. The maximum Gasteiger partial charge on any atom is 0.143 e. The van der Waals surface area contributed by atoms with Gasteiger partial charge in [-0.1, -0.05) is 84.9 Å². The van der Waals surface area contributed by atoms with Crippen molar-refractivity contribution in [3.63, 3.8) is 0 Å². The van der Waals surface area contributed by atoms with Crippen molar-refractivity contribution >= 4 is 43.9 Å². The third kappa shape index (κ3) is 3.53. The van der Waals surface area contributed by atoms with E-state index in [2.05, 4.69) is 12.1 Å². The Morgan fingerprint density at radius 3 is 1.50 bits per heavy atom. The molecule has 42 heavy (non-hydrogen) atoms. The first kappa shape index (κ1) is 23.8. The summed E-state index contributed by atoms with van der Waals surface area (Å²) in [6.45, 7) is 0. The van der Waals surface area contributed by atoms with Crippen molar-refractivity contribution in [2.75, 3.05) is 0 Å². The summed E-state index contributed by atoms with van der Waals surface area (Å²) in [6.07, 6.45) is 0. The highest BCUT2D eigenvalue weighted by Gasteiger charge is 2.22. The van der Waals surface area contributed by atoms with Crippen LogP contribution in [-0.2, 0) is 0 Å². The average Bonchev–Trinajstić information content (AvgIpc) is 3.63. The van der Waals surface area contributed by atoms with Crippen LogP contribution in [0.2, 0.25) is 0 Å². The molecule has 0 amide bonds. The molecule has 0 atom stereocenters. The summed E-state index contributed by atoms with van der Waals surface area (Å²) in [6, 6.07) is 44.4. The summed E-state index contributed by atoms with van der Waals surface area (Å²) in [5, 5.41) is 24.4. The average molecular weight is 537 g/mol. The van der Waals surface area contributed by atoms with Crippen LogP contribution in [0.25, 0.3) is 77.3 Å². The molecule has 0 N–H and O–H groups in total. The number of para-hydroxylation sites is 4. The maximum atomic E-state index is 10.7. The van der Waals surface area contributed by atoms with Crippen LogP contribution in [0.15, 0.2) is 130 Å². The molecular formula is C38H20N2O2. The Morgan fingerprint density at radius 1 is 0.429 bits per heavy atom. The molecule has 0 fully saturated rings. The maximum absolute atomic E-state index is 10.7. The van der Waals surface area contributed by atoms with Gasteiger partial charge in [0.1, 0.15) is 28.4 Å². The second-order valence-electron chi connectivity index (χ2n) is 10.3. The molecule has 4 nitrogen and oxygen atoms in total. The van der Waals surface area contributed by atoms with E-state index < -0.39 is 0 Å². The first-order chi connectivity index (χ1) is 20.7. The van der Waals surface area contributed by atoms with Crippen LogP contribution in [0.4, 0.5) is 0 Å². The minimum atomic E-state index is 0.524. The van der Waals surface area contributed by atoms with Gasteiger partial charge in [-0.05, 0) is 47.5 Å². The van der Waals surface area contributed by atoms with Gasteiger partial charge in [-0.25, -0.2) is 0 Å². The number of hydrogen-bond acceptors (Lipinski definition) is 4. The molecule has 0 unspecified atom stereocenters. The summed E-state index contributed by atoms with van der Waals surface area (Å²) >= 11 is 0. The van der Waals surface area contributed by atoms with Crippen LogP contribution in [0, 0.1) is 22.7 Å². The van der Waals surface area contributed by atoms with E-state index in [1.54, 1.807) is 6.07 Å². The number of fused-ring (bicyclic) bond motifs is 6. The Morgan fingerprint density at radius 2 is 0.952 bits per heavy atom. The number of nitrogens with zero attached hydrogens (tertiary/aromatic N) is 2. The van der Waals surface area contributed by atoms with Crippen LogP contribution in [0.1, 0.15) is 11.1 Å². The van der Waals surface area contributed by atoms with Gasteiger partial charge in [-0.3, -0.25) is 0 Å². The topological polar surface area (TPSA) is 73.9 Å². The standard InChI is InChI=1S/C38H20N2O2/c39-21-23-8-5-9-24(18-23)25-19-32(30-14-6-12-28-26-10-1-3-16-35(26)41-37(28)30)34(22-40)33(20-25)31-15-7-13-29-27-11-2-4-17-36(27)42-38(29)31/h1-20H. The number of benzene rings is 6. The molecule has 194 valence electrons. The van der Waals surface area contributed by atoms with Crippen molar-refractivity contribution in [2.24, 2.45) is 0 Å². The van der Waals surface area contributed by atoms with Crippen molar-refractivity contribution in [1.29, 1.82) is 10.5 Å². The van der Waals surface area contributed by atoms with Crippen molar-refractivity contribution in [1.82, 2.24) is 0 Å². The molecule has 0 aliphatic heterocycles. The molecule has 0 radical (unpaired) electrons. The predicted molar refractivity (Wildman–Crippen MR) is 167 cm³/mol. The summed E-state index contributed by atoms with van der Waals surface area (Å²) in [5.74, 6) is 0. The third-order valence-corrected chi connectivity index (χ3v) is 7.96. The van der Waals surface area contributed by atoms with Gasteiger partial charge >= 0.3 is 0 Å². The van der Waals surface area contributed by atoms with Crippen LogP contribution in [0.5, 0.6) is 0 Å². The molecule has 8 rings (SSSR count). The summed E-state index contributed by atoms with van der Waals surface area (Å²) in [5.41, 5.74) is 9.08. The van der Waals surface area contributed by atoms with Crippen LogP contribution >= 0.6 is 0 Å². The van der Waals surface area contributed by atoms with E-state index in [1.807, 2.05) is 115 Å². The quantitative estimate of drug-likeness (QED) is 0.225. The van der Waals surface area contributed by atoms with Gasteiger partial charge in [0.2, 0.25) is 0 Å². The van der Waals surface area contributed by atoms with E-state index in [1.165, 1.54) is 0 Å². The van der Waals surface area contributed by atoms with E-state index in [-0.39, 0.29) is 0 Å². The summed E-state index contributed by atoms with van der Waals surface area (Å²) in [4.78, 5) is 0. The molecule has 0 spiro atoms. The third-order valence-electron chi connectivity index (χ3n) is 7.96. The normalized spacial score (nSPS) is 11.3. The lowest BCUT2D eigenvalue weighted by atomic mass is 9.87. The van der Waals surface area contributed by atoms with Gasteiger partial charge < -0.3 is 8.83 Å². The van der Waals surface area contributed by atoms with E-state index in [0.717, 1.165) is 77.3 Å². The van der Waals surface area contributed by atoms with Gasteiger partial charge in [-0.2, -0.15) is 10.5 Å². The molecule has 2 aromatic heterocycles. The Labute approximate surface area is 240 Å². The van der Waals surface area contributed by atoms with Crippen molar-refractivity contribution < 1.29 is 8.83 Å². The van der Waals surface area contributed by atoms with E-state index in [4.69, 9.17) is 8.83 Å². The van der Waals surface area contributed by atoms with Crippen molar-refractivity contribution in [2.45, 2.75) is 0 Å². The highest BCUT2D eigenvalue weighted by Crippen LogP contribution is 2.44. The lowest BCUT2D eigenvalue weighted by Crippen LogP contribution is -1.94. The number of hydrogen-bond donors (Lipinski definition) is 0. The SMILES string of the molecule is N#Cc1cccc(-c2cc(-c3cccc4c3oc3ccccc34)c(C#N)c(-c3cccc4c3oc3ccccc34)c2)c1. The Balaban J connectivity index is 1.49. The molecule has 2 heterocycles. The van der Waals surface area contributed by atoms with Gasteiger partial charge in [0.25, 0.3) is 0 Å². The van der Waals surface area contributed by atoms with E-state index in [0.29, 0.717) is 11.1 Å². The van der Waals surface area contributed by atoms with Gasteiger partial charge in [0.15, 0.2) is 0 Å². The number of furan rings is 2. The second kappa shape index (κ2) is 9.24. The Bertz CT molecular complexity index is 2310.